The third-order valence-electron chi connectivity index (χ3n) is 1.39. The van der Waals surface area contributed by atoms with Gasteiger partial charge in [-0.1, -0.05) is 0 Å². The molecular weight excluding hydrogens is 198 g/mol. The van der Waals surface area contributed by atoms with Crippen LogP contribution in [-0.2, 0) is 19.1 Å². The molecule has 5 nitrogen and oxygen atoms in total. The summed E-state index contributed by atoms with van der Waals surface area (Å²) < 4.78 is 8.73. The zero-order valence-corrected chi connectivity index (χ0v) is 8.43. The third-order valence-corrected chi connectivity index (χ3v) is 1.39. The average molecular weight is 212 g/mol. The van der Waals surface area contributed by atoms with Crippen molar-refractivity contribution in [2.45, 2.75) is 18.9 Å². The molecule has 0 aliphatic heterocycles. The van der Waals surface area contributed by atoms with E-state index in [-0.39, 0.29) is 31.2 Å². The zero-order valence-electron chi connectivity index (χ0n) is 7.61. The van der Waals surface area contributed by atoms with Gasteiger partial charge in [0.2, 0.25) is 0 Å². The number of hydrogen-bond donors (Lipinski definition) is 1. The lowest BCUT2D eigenvalue weighted by atomic mass is 10.2. The number of carbonyl (C=O) groups is 2. The Morgan fingerprint density at radius 3 is 2.23 bits per heavy atom. The van der Waals surface area contributed by atoms with E-state index in [1.807, 2.05) is 0 Å². The molecule has 2 N–H and O–H groups in total. The molecule has 0 aliphatic carbocycles. The summed E-state index contributed by atoms with van der Waals surface area (Å²) in [4.78, 5) is 21.3. The van der Waals surface area contributed by atoms with Gasteiger partial charge in [0.1, 0.15) is 6.04 Å². The number of rotatable bonds is 4. The summed E-state index contributed by atoms with van der Waals surface area (Å²) in [7, 11) is 2.53. The molecule has 0 radical (unpaired) electrons. The van der Waals surface area contributed by atoms with E-state index in [0.717, 1.165) is 0 Å². The van der Waals surface area contributed by atoms with Gasteiger partial charge in [0, 0.05) is 6.42 Å². The molecule has 0 rings (SSSR count). The first-order chi connectivity index (χ1) is 5.61. The molecule has 6 heteroatoms. The molecule has 0 aromatic carbocycles. The Morgan fingerprint density at radius 2 is 1.85 bits per heavy atom. The Balaban J connectivity index is 0. The predicted octanol–water partition coefficient (Wildman–Crippen LogP) is -0.138. The van der Waals surface area contributed by atoms with Gasteiger partial charge in [-0.2, -0.15) is 0 Å². The van der Waals surface area contributed by atoms with Gasteiger partial charge in [-0.15, -0.1) is 12.4 Å². The summed E-state index contributed by atoms with van der Waals surface area (Å²) in [5, 5.41) is 0. The Bertz CT molecular complexity index is 174. The van der Waals surface area contributed by atoms with Gasteiger partial charge in [0.05, 0.1) is 14.2 Å². The molecule has 0 saturated heterocycles. The molecule has 0 aliphatic rings. The SMILES string of the molecule is COC(=O)CC[C@@H](N)C(=O)OC.Cl. The maximum Gasteiger partial charge on any atom is 0.322 e. The summed E-state index contributed by atoms with van der Waals surface area (Å²) in [5.74, 6) is -0.895. The van der Waals surface area contributed by atoms with Crippen LogP contribution in [0.1, 0.15) is 12.8 Å². The minimum absolute atomic E-state index is 0. The zero-order chi connectivity index (χ0) is 9.56. The van der Waals surface area contributed by atoms with E-state index in [2.05, 4.69) is 9.47 Å². The second-order valence-electron chi connectivity index (χ2n) is 2.24. The van der Waals surface area contributed by atoms with Crippen LogP contribution >= 0.6 is 12.4 Å². The highest BCUT2D eigenvalue weighted by molar-refractivity contribution is 5.85. The van der Waals surface area contributed by atoms with Gasteiger partial charge in [0.25, 0.3) is 0 Å². The number of ether oxygens (including phenoxy) is 2. The molecule has 78 valence electrons. The summed E-state index contributed by atoms with van der Waals surface area (Å²) in [6, 6.07) is -0.742. The van der Waals surface area contributed by atoms with Crippen molar-refractivity contribution >= 4 is 24.3 Å². The van der Waals surface area contributed by atoms with Gasteiger partial charge >= 0.3 is 11.9 Å². The van der Waals surface area contributed by atoms with E-state index < -0.39 is 12.0 Å². The summed E-state index contributed by atoms with van der Waals surface area (Å²) >= 11 is 0. The number of hydrogen-bond acceptors (Lipinski definition) is 5. The van der Waals surface area contributed by atoms with Crippen molar-refractivity contribution in [2.75, 3.05) is 14.2 Å². The minimum Gasteiger partial charge on any atom is -0.469 e. The first-order valence-electron chi connectivity index (χ1n) is 3.52. The highest BCUT2D eigenvalue weighted by atomic mass is 35.5. The molecule has 0 unspecified atom stereocenters. The first kappa shape index (κ1) is 14.7. The van der Waals surface area contributed by atoms with Crippen molar-refractivity contribution in [3.8, 4) is 0 Å². The number of methoxy groups -OCH3 is 2. The lowest BCUT2D eigenvalue weighted by Crippen LogP contribution is -2.32. The largest absolute Gasteiger partial charge is 0.469 e. The number of carbonyl (C=O) groups excluding carboxylic acids is 2. The van der Waals surface area contributed by atoms with Crippen LogP contribution in [0.5, 0.6) is 0 Å². The Morgan fingerprint density at radius 1 is 1.31 bits per heavy atom. The van der Waals surface area contributed by atoms with E-state index in [9.17, 15) is 9.59 Å². The van der Waals surface area contributed by atoms with Crippen molar-refractivity contribution in [1.82, 2.24) is 0 Å². The molecule has 0 fully saturated rings. The molecule has 0 bridgehead atoms. The quantitative estimate of drug-likeness (QED) is 0.655. The Kier molecular flexibility index (Phi) is 8.84. The lowest BCUT2D eigenvalue weighted by molar-refractivity contribution is -0.143. The smallest absolute Gasteiger partial charge is 0.322 e. The van der Waals surface area contributed by atoms with Gasteiger partial charge in [-0.3, -0.25) is 9.59 Å². The first-order valence-corrected chi connectivity index (χ1v) is 3.52. The third kappa shape index (κ3) is 6.36. The van der Waals surface area contributed by atoms with Crippen LogP contribution < -0.4 is 5.73 Å². The fraction of sp³-hybridized carbons (Fsp3) is 0.714. The van der Waals surface area contributed by atoms with Gasteiger partial charge in [-0.05, 0) is 6.42 Å². The van der Waals surface area contributed by atoms with Crippen molar-refractivity contribution in [3.05, 3.63) is 0 Å². The van der Waals surface area contributed by atoms with E-state index >= 15 is 0 Å². The lowest BCUT2D eigenvalue weighted by Gasteiger charge is -2.07. The molecule has 0 aromatic rings. The molecule has 13 heavy (non-hydrogen) atoms. The van der Waals surface area contributed by atoms with Gasteiger partial charge in [-0.25, -0.2) is 0 Å². The second-order valence-corrected chi connectivity index (χ2v) is 2.24. The highest BCUT2D eigenvalue weighted by Crippen LogP contribution is 1.97. The van der Waals surface area contributed by atoms with E-state index in [1.54, 1.807) is 0 Å². The van der Waals surface area contributed by atoms with Crippen LogP contribution in [0.15, 0.2) is 0 Å². The van der Waals surface area contributed by atoms with Crippen LogP contribution in [0, 0.1) is 0 Å². The normalized spacial score (nSPS) is 11.0. The summed E-state index contributed by atoms with van der Waals surface area (Å²) in [5.41, 5.74) is 5.35. The van der Waals surface area contributed by atoms with E-state index in [4.69, 9.17) is 5.73 Å². The fourth-order valence-electron chi connectivity index (χ4n) is 0.645. The minimum atomic E-state index is -0.742. The molecule has 0 heterocycles. The number of esters is 2. The van der Waals surface area contributed by atoms with Crippen LogP contribution in [-0.4, -0.2) is 32.2 Å². The highest BCUT2D eigenvalue weighted by Gasteiger charge is 2.14. The van der Waals surface area contributed by atoms with Gasteiger partial charge in [0.15, 0.2) is 0 Å². The Labute approximate surface area is 83.0 Å². The predicted molar refractivity (Wildman–Crippen MR) is 48.5 cm³/mol. The maximum absolute atomic E-state index is 10.7. The molecule has 1 atom stereocenters. The van der Waals surface area contributed by atoms with Crippen LogP contribution in [0.2, 0.25) is 0 Å². The van der Waals surface area contributed by atoms with E-state index in [1.165, 1.54) is 14.2 Å². The molecule has 0 amide bonds. The molecular formula is C7H14ClNO4. The van der Waals surface area contributed by atoms with Gasteiger partial charge < -0.3 is 15.2 Å². The average Bonchev–Trinajstić information content (AvgIpc) is 2.11. The number of halogens is 1. The van der Waals surface area contributed by atoms with Crippen molar-refractivity contribution in [2.24, 2.45) is 5.73 Å². The topological polar surface area (TPSA) is 78.6 Å². The van der Waals surface area contributed by atoms with Crippen molar-refractivity contribution in [1.29, 1.82) is 0 Å². The molecule has 0 aromatic heterocycles. The van der Waals surface area contributed by atoms with Crippen LogP contribution in [0.4, 0.5) is 0 Å². The summed E-state index contributed by atoms with van der Waals surface area (Å²) in [6.07, 6.45) is 0.381. The van der Waals surface area contributed by atoms with Crippen LogP contribution in [0.25, 0.3) is 0 Å². The van der Waals surface area contributed by atoms with E-state index in [0.29, 0.717) is 0 Å². The molecule has 0 spiro atoms. The maximum atomic E-state index is 10.7. The van der Waals surface area contributed by atoms with Crippen molar-refractivity contribution in [3.63, 3.8) is 0 Å². The monoisotopic (exact) mass is 211 g/mol. The second kappa shape index (κ2) is 7.82. The number of nitrogens with two attached hydrogens (primary N) is 1. The molecule has 0 saturated carbocycles. The fourth-order valence-corrected chi connectivity index (χ4v) is 0.645. The summed E-state index contributed by atoms with van der Waals surface area (Å²) in [6.45, 7) is 0. The Hall–Kier alpha value is -0.810. The standard InChI is InChI=1S/C7H13NO4.ClH/c1-11-6(9)4-3-5(8)7(10)12-2;/h5H,3-4,8H2,1-2H3;1H/t5-;/m1./s1. The van der Waals surface area contributed by atoms with Crippen LogP contribution in [0.3, 0.4) is 0 Å². The van der Waals surface area contributed by atoms with Crippen molar-refractivity contribution < 1.29 is 19.1 Å².